The molecule has 17 heavy (non-hydrogen) atoms. The number of ether oxygens (including phenoxy) is 1. The van der Waals surface area contributed by atoms with Crippen molar-refractivity contribution in [2.75, 3.05) is 6.61 Å². The van der Waals surface area contributed by atoms with Gasteiger partial charge in [-0.3, -0.25) is 4.98 Å². The van der Waals surface area contributed by atoms with Crippen LogP contribution in [0, 0.1) is 12.3 Å². The van der Waals surface area contributed by atoms with E-state index in [1.165, 1.54) is 5.56 Å². The summed E-state index contributed by atoms with van der Waals surface area (Å²) in [6, 6.07) is 1.85. The minimum absolute atomic E-state index is 0.00426. The highest BCUT2D eigenvalue weighted by Gasteiger charge is 2.32. The van der Waals surface area contributed by atoms with Crippen LogP contribution in [0.15, 0.2) is 18.5 Å². The standard InChI is InChI=1S/C14H24N2O/c1-6-17-13(14(3,4)5)12(15)11-9-16-8-7-10(11)2/h7-9,12-13H,6,15H2,1-5H3. The molecule has 0 aliphatic rings. The van der Waals surface area contributed by atoms with E-state index in [1.54, 1.807) is 6.20 Å². The fourth-order valence-corrected chi connectivity index (χ4v) is 2.06. The van der Waals surface area contributed by atoms with E-state index >= 15 is 0 Å². The van der Waals surface area contributed by atoms with Gasteiger partial charge in [0, 0.05) is 19.0 Å². The highest BCUT2D eigenvalue weighted by atomic mass is 16.5. The van der Waals surface area contributed by atoms with Crippen LogP contribution in [0.1, 0.15) is 44.9 Å². The third-order valence-electron chi connectivity index (χ3n) is 2.96. The molecule has 2 N–H and O–H groups in total. The molecular formula is C14H24N2O. The van der Waals surface area contributed by atoms with E-state index in [2.05, 4.69) is 32.7 Å². The number of aromatic nitrogens is 1. The molecule has 0 aromatic carbocycles. The van der Waals surface area contributed by atoms with Crippen molar-refractivity contribution in [1.82, 2.24) is 4.98 Å². The largest absolute Gasteiger partial charge is 0.376 e. The third-order valence-corrected chi connectivity index (χ3v) is 2.96. The Balaban J connectivity index is 3.00. The summed E-state index contributed by atoms with van der Waals surface area (Å²) in [4.78, 5) is 4.16. The molecule has 3 nitrogen and oxygen atoms in total. The van der Waals surface area contributed by atoms with Gasteiger partial charge in [0.15, 0.2) is 0 Å². The number of nitrogens with zero attached hydrogens (tertiary/aromatic N) is 1. The Labute approximate surface area is 104 Å². The van der Waals surface area contributed by atoms with Gasteiger partial charge in [0.25, 0.3) is 0 Å². The van der Waals surface area contributed by atoms with Crippen LogP contribution < -0.4 is 5.73 Å². The van der Waals surface area contributed by atoms with Crippen LogP contribution in [0.25, 0.3) is 0 Å². The maximum atomic E-state index is 6.35. The first kappa shape index (κ1) is 14.1. The molecule has 0 aliphatic heterocycles. The van der Waals surface area contributed by atoms with Crippen LogP contribution in [0.2, 0.25) is 0 Å². The maximum absolute atomic E-state index is 6.35. The number of pyridine rings is 1. The van der Waals surface area contributed by atoms with Crippen molar-refractivity contribution in [3.8, 4) is 0 Å². The predicted octanol–water partition coefficient (Wildman–Crippen LogP) is 2.84. The summed E-state index contributed by atoms with van der Waals surface area (Å²) in [6.45, 7) is 11.2. The molecule has 0 spiro atoms. The summed E-state index contributed by atoms with van der Waals surface area (Å²) in [5.41, 5.74) is 8.60. The molecule has 0 aliphatic carbocycles. The van der Waals surface area contributed by atoms with Gasteiger partial charge in [-0.15, -0.1) is 0 Å². The molecule has 0 fully saturated rings. The molecule has 0 radical (unpaired) electrons. The second-order valence-corrected chi connectivity index (χ2v) is 5.50. The summed E-state index contributed by atoms with van der Waals surface area (Å²) >= 11 is 0. The summed E-state index contributed by atoms with van der Waals surface area (Å²) in [6.07, 6.45) is 3.63. The predicted molar refractivity (Wildman–Crippen MR) is 70.8 cm³/mol. The van der Waals surface area contributed by atoms with Crippen molar-refractivity contribution in [1.29, 1.82) is 0 Å². The van der Waals surface area contributed by atoms with Gasteiger partial charge in [0.05, 0.1) is 12.1 Å². The summed E-state index contributed by atoms with van der Waals surface area (Å²) in [5, 5.41) is 0. The summed E-state index contributed by atoms with van der Waals surface area (Å²) < 4.78 is 5.82. The fourth-order valence-electron chi connectivity index (χ4n) is 2.06. The van der Waals surface area contributed by atoms with Gasteiger partial charge < -0.3 is 10.5 Å². The van der Waals surface area contributed by atoms with E-state index < -0.39 is 0 Å². The molecular weight excluding hydrogens is 212 g/mol. The van der Waals surface area contributed by atoms with Gasteiger partial charge >= 0.3 is 0 Å². The highest BCUT2D eigenvalue weighted by molar-refractivity contribution is 5.26. The average molecular weight is 236 g/mol. The first-order valence-corrected chi connectivity index (χ1v) is 6.15. The average Bonchev–Trinajstić information content (AvgIpc) is 2.24. The van der Waals surface area contributed by atoms with Gasteiger partial charge in [-0.05, 0) is 36.5 Å². The third kappa shape index (κ3) is 3.51. The number of hydrogen-bond donors (Lipinski definition) is 1. The van der Waals surface area contributed by atoms with Crippen molar-refractivity contribution in [3.63, 3.8) is 0 Å². The van der Waals surface area contributed by atoms with E-state index in [0.29, 0.717) is 6.61 Å². The molecule has 3 heteroatoms. The zero-order chi connectivity index (χ0) is 13.1. The number of hydrogen-bond acceptors (Lipinski definition) is 3. The minimum atomic E-state index is -0.136. The topological polar surface area (TPSA) is 48.1 Å². The molecule has 0 amide bonds. The number of nitrogens with two attached hydrogens (primary N) is 1. The lowest BCUT2D eigenvalue weighted by Gasteiger charge is -2.35. The monoisotopic (exact) mass is 236 g/mol. The maximum Gasteiger partial charge on any atom is 0.0816 e. The normalized spacial score (nSPS) is 15.6. The first-order valence-electron chi connectivity index (χ1n) is 6.15. The van der Waals surface area contributed by atoms with E-state index in [9.17, 15) is 0 Å². The van der Waals surface area contributed by atoms with Crippen molar-refractivity contribution in [3.05, 3.63) is 29.6 Å². The quantitative estimate of drug-likeness (QED) is 0.874. The van der Waals surface area contributed by atoms with Crippen molar-refractivity contribution >= 4 is 0 Å². The van der Waals surface area contributed by atoms with Gasteiger partial charge in [-0.25, -0.2) is 0 Å². The lowest BCUT2D eigenvalue weighted by molar-refractivity contribution is -0.0284. The smallest absolute Gasteiger partial charge is 0.0816 e. The molecule has 1 aromatic rings. The number of aryl methyl sites for hydroxylation is 1. The zero-order valence-electron chi connectivity index (χ0n) is 11.5. The molecule has 2 unspecified atom stereocenters. The second kappa shape index (κ2) is 5.61. The van der Waals surface area contributed by atoms with Crippen LogP contribution in [0.4, 0.5) is 0 Å². The molecule has 1 rings (SSSR count). The Hall–Kier alpha value is -0.930. The summed E-state index contributed by atoms with van der Waals surface area (Å²) in [7, 11) is 0. The van der Waals surface area contributed by atoms with Crippen LogP contribution in [0.5, 0.6) is 0 Å². The zero-order valence-corrected chi connectivity index (χ0v) is 11.5. The van der Waals surface area contributed by atoms with Crippen molar-refractivity contribution < 1.29 is 4.74 Å². The molecule has 0 saturated carbocycles. The Kier molecular flexibility index (Phi) is 4.66. The van der Waals surface area contributed by atoms with E-state index in [-0.39, 0.29) is 17.6 Å². The van der Waals surface area contributed by atoms with Gasteiger partial charge in [0.1, 0.15) is 0 Å². The molecule has 1 heterocycles. The Bertz CT molecular complexity index is 357. The molecule has 2 atom stereocenters. The van der Waals surface area contributed by atoms with E-state index in [4.69, 9.17) is 10.5 Å². The van der Waals surface area contributed by atoms with Crippen LogP contribution >= 0.6 is 0 Å². The van der Waals surface area contributed by atoms with Crippen LogP contribution in [-0.2, 0) is 4.74 Å². The molecule has 96 valence electrons. The lowest BCUT2D eigenvalue weighted by Crippen LogP contribution is -2.39. The fraction of sp³-hybridized carbons (Fsp3) is 0.643. The minimum Gasteiger partial charge on any atom is -0.376 e. The van der Waals surface area contributed by atoms with E-state index in [0.717, 1.165) is 5.56 Å². The van der Waals surface area contributed by atoms with Crippen molar-refractivity contribution in [2.24, 2.45) is 11.1 Å². The van der Waals surface area contributed by atoms with Gasteiger partial charge in [0.2, 0.25) is 0 Å². The Morgan fingerprint density at radius 3 is 2.53 bits per heavy atom. The van der Waals surface area contributed by atoms with Crippen LogP contribution in [-0.4, -0.2) is 17.7 Å². The van der Waals surface area contributed by atoms with Crippen LogP contribution in [0.3, 0.4) is 0 Å². The number of rotatable bonds is 4. The van der Waals surface area contributed by atoms with E-state index in [1.807, 2.05) is 19.2 Å². The molecule has 0 saturated heterocycles. The second-order valence-electron chi connectivity index (χ2n) is 5.50. The first-order chi connectivity index (χ1) is 7.88. The lowest BCUT2D eigenvalue weighted by atomic mass is 9.82. The molecule has 0 bridgehead atoms. The highest BCUT2D eigenvalue weighted by Crippen LogP contribution is 2.32. The summed E-state index contributed by atoms with van der Waals surface area (Å²) in [5.74, 6) is 0. The van der Waals surface area contributed by atoms with Gasteiger partial charge in [-0.1, -0.05) is 20.8 Å². The Morgan fingerprint density at radius 1 is 1.41 bits per heavy atom. The van der Waals surface area contributed by atoms with Gasteiger partial charge in [-0.2, -0.15) is 0 Å². The SMILES string of the molecule is CCOC(C(N)c1cnccc1C)C(C)(C)C. The Morgan fingerprint density at radius 2 is 2.06 bits per heavy atom. The molecule has 1 aromatic heterocycles. The van der Waals surface area contributed by atoms with Crippen molar-refractivity contribution in [2.45, 2.75) is 46.8 Å².